The SMILES string of the molecule is NC(c1cccc2ccccc12)C(N)(Cl)Cl. The van der Waals surface area contributed by atoms with Crippen molar-refractivity contribution in [1.29, 1.82) is 0 Å². The van der Waals surface area contributed by atoms with E-state index >= 15 is 0 Å². The molecule has 0 aromatic heterocycles. The maximum absolute atomic E-state index is 5.95. The quantitative estimate of drug-likeness (QED) is 0.640. The first-order valence-corrected chi connectivity index (χ1v) is 5.65. The summed E-state index contributed by atoms with van der Waals surface area (Å²) in [5.74, 6) is 0. The van der Waals surface area contributed by atoms with Crippen LogP contribution in [0.5, 0.6) is 0 Å². The highest BCUT2D eigenvalue weighted by atomic mass is 35.5. The third-order valence-electron chi connectivity index (χ3n) is 2.57. The predicted molar refractivity (Wildman–Crippen MR) is 69.5 cm³/mol. The van der Waals surface area contributed by atoms with Crippen LogP contribution in [0.4, 0.5) is 0 Å². The highest BCUT2D eigenvalue weighted by Crippen LogP contribution is 2.32. The van der Waals surface area contributed by atoms with Gasteiger partial charge < -0.3 is 5.73 Å². The van der Waals surface area contributed by atoms with Gasteiger partial charge in [-0.1, -0.05) is 65.7 Å². The summed E-state index contributed by atoms with van der Waals surface area (Å²) in [4.78, 5) is 0. The van der Waals surface area contributed by atoms with Gasteiger partial charge in [-0.15, -0.1) is 0 Å². The van der Waals surface area contributed by atoms with Gasteiger partial charge in [0.2, 0.25) is 0 Å². The Balaban J connectivity index is 2.61. The van der Waals surface area contributed by atoms with Crippen LogP contribution in [-0.4, -0.2) is 4.46 Å². The van der Waals surface area contributed by atoms with Crippen LogP contribution in [0.2, 0.25) is 0 Å². The minimum atomic E-state index is -1.47. The second-order valence-electron chi connectivity index (χ2n) is 3.72. The van der Waals surface area contributed by atoms with Crippen molar-refractivity contribution >= 4 is 34.0 Å². The van der Waals surface area contributed by atoms with Gasteiger partial charge in [0.15, 0.2) is 4.46 Å². The highest BCUT2D eigenvalue weighted by molar-refractivity contribution is 6.48. The lowest BCUT2D eigenvalue weighted by atomic mass is 9.99. The summed E-state index contributed by atoms with van der Waals surface area (Å²) in [6.07, 6.45) is 0. The fourth-order valence-corrected chi connectivity index (χ4v) is 1.96. The zero-order chi connectivity index (χ0) is 11.8. The van der Waals surface area contributed by atoms with Crippen molar-refractivity contribution in [3.63, 3.8) is 0 Å². The Labute approximate surface area is 104 Å². The molecule has 0 aliphatic rings. The van der Waals surface area contributed by atoms with Crippen molar-refractivity contribution < 1.29 is 0 Å². The lowest BCUT2D eigenvalue weighted by Crippen LogP contribution is -2.39. The van der Waals surface area contributed by atoms with Crippen molar-refractivity contribution in [1.82, 2.24) is 0 Å². The van der Waals surface area contributed by atoms with E-state index < -0.39 is 10.5 Å². The molecule has 1 unspecified atom stereocenters. The van der Waals surface area contributed by atoms with Gasteiger partial charge in [0, 0.05) is 0 Å². The number of fused-ring (bicyclic) bond motifs is 1. The van der Waals surface area contributed by atoms with Crippen LogP contribution in [0.25, 0.3) is 10.8 Å². The number of benzene rings is 2. The van der Waals surface area contributed by atoms with E-state index in [1.807, 2.05) is 42.5 Å². The average molecular weight is 255 g/mol. The summed E-state index contributed by atoms with van der Waals surface area (Å²) in [7, 11) is 0. The molecule has 0 bridgehead atoms. The summed E-state index contributed by atoms with van der Waals surface area (Å²) in [6.45, 7) is 0. The first kappa shape index (κ1) is 11.7. The van der Waals surface area contributed by atoms with Crippen molar-refractivity contribution in [3.8, 4) is 0 Å². The molecule has 2 nitrogen and oxygen atoms in total. The molecular formula is C12H12Cl2N2. The maximum Gasteiger partial charge on any atom is 0.185 e. The third kappa shape index (κ3) is 2.15. The molecule has 0 saturated heterocycles. The Morgan fingerprint density at radius 3 is 2.31 bits per heavy atom. The van der Waals surface area contributed by atoms with E-state index in [2.05, 4.69) is 0 Å². The van der Waals surface area contributed by atoms with E-state index in [0.29, 0.717) is 0 Å². The number of rotatable bonds is 2. The monoisotopic (exact) mass is 254 g/mol. The van der Waals surface area contributed by atoms with Crippen LogP contribution in [-0.2, 0) is 0 Å². The molecular weight excluding hydrogens is 243 g/mol. The van der Waals surface area contributed by atoms with E-state index in [1.165, 1.54) is 0 Å². The van der Waals surface area contributed by atoms with Crippen molar-refractivity contribution in [2.75, 3.05) is 0 Å². The minimum Gasteiger partial charge on any atom is -0.320 e. The second-order valence-corrected chi connectivity index (χ2v) is 5.16. The van der Waals surface area contributed by atoms with E-state index in [4.69, 9.17) is 34.7 Å². The minimum absolute atomic E-state index is 0.623. The van der Waals surface area contributed by atoms with Gasteiger partial charge in [0.1, 0.15) is 0 Å². The number of hydrogen-bond donors (Lipinski definition) is 2. The first-order chi connectivity index (χ1) is 7.50. The molecule has 4 heteroatoms. The van der Waals surface area contributed by atoms with Crippen LogP contribution in [0, 0.1) is 0 Å². The third-order valence-corrected chi connectivity index (χ3v) is 3.04. The van der Waals surface area contributed by atoms with Gasteiger partial charge in [-0.25, -0.2) is 0 Å². The number of halogens is 2. The summed E-state index contributed by atoms with van der Waals surface area (Å²) in [5.41, 5.74) is 12.4. The second kappa shape index (κ2) is 4.22. The molecule has 1 atom stereocenters. The Morgan fingerprint density at radius 2 is 1.62 bits per heavy atom. The standard InChI is InChI=1S/C12H12Cl2N2/c13-12(14,16)11(15)10-7-3-5-8-4-1-2-6-9(8)10/h1-7,11H,15-16H2. The van der Waals surface area contributed by atoms with Gasteiger partial charge in [-0.2, -0.15) is 0 Å². The molecule has 84 valence electrons. The topological polar surface area (TPSA) is 52.0 Å². The van der Waals surface area contributed by atoms with Gasteiger partial charge >= 0.3 is 0 Å². The van der Waals surface area contributed by atoms with Gasteiger partial charge in [-0.05, 0) is 16.3 Å². The average Bonchev–Trinajstić information content (AvgIpc) is 2.26. The van der Waals surface area contributed by atoms with Crippen LogP contribution < -0.4 is 11.5 Å². The zero-order valence-corrected chi connectivity index (χ0v) is 10.0. The summed E-state index contributed by atoms with van der Waals surface area (Å²) >= 11 is 11.7. The van der Waals surface area contributed by atoms with Crippen LogP contribution in [0.15, 0.2) is 42.5 Å². The molecule has 0 radical (unpaired) electrons. The Kier molecular flexibility index (Phi) is 3.08. The van der Waals surface area contributed by atoms with Gasteiger partial charge in [-0.3, -0.25) is 5.73 Å². The summed E-state index contributed by atoms with van der Waals surface area (Å²) in [6, 6.07) is 13.1. The van der Waals surface area contributed by atoms with E-state index in [9.17, 15) is 0 Å². The fraction of sp³-hybridized carbons (Fsp3) is 0.167. The fourth-order valence-electron chi connectivity index (χ4n) is 1.73. The Hall–Kier alpha value is -0.800. The van der Waals surface area contributed by atoms with Crippen molar-refractivity contribution in [3.05, 3.63) is 48.0 Å². The smallest absolute Gasteiger partial charge is 0.185 e. The summed E-state index contributed by atoms with van der Waals surface area (Å²) in [5, 5.41) is 2.11. The normalized spacial score (nSPS) is 14.0. The van der Waals surface area contributed by atoms with Crippen LogP contribution in [0.3, 0.4) is 0 Å². The first-order valence-electron chi connectivity index (χ1n) is 4.90. The van der Waals surface area contributed by atoms with E-state index in [0.717, 1.165) is 16.3 Å². The number of alkyl halides is 2. The lowest BCUT2D eigenvalue weighted by molar-refractivity contribution is 0.637. The van der Waals surface area contributed by atoms with Gasteiger partial charge in [0.25, 0.3) is 0 Å². The zero-order valence-electron chi connectivity index (χ0n) is 8.53. The Bertz CT molecular complexity index is 500. The molecule has 0 aliphatic carbocycles. The molecule has 0 saturated carbocycles. The van der Waals surface area contributed by atoms with Crippen molar-refractivity contribution in [2.24, 2.45) is 11.5 Å². The van der Waals surface area contributed by atoms with Crippen LogP contribution >= 0.6 is 23.2 Å². The molecule has 2 aromatic rings. The molecule has 0 fully saturated rings. The molecule has 16 heavy (non-hydrogen) atoms. The van der Waals surface area contributed by atoms with E-state index in [1.54, 1.807) is 0 Å². The molecule has 0 heterocycles. The highest BCUT2D eigenvalue weighted by Gasteiger charge is 2.29. The van der Waals surface area contributed by atoms with Gasteiger partial charge in [0.05, 0.1) is 6.04 Å². The molecule has 0 aliphatic heterocycles. The van der Waals surface area contributed by atoms with Crippen molar-refractivity contribution in [2.45, 2.75) is 10.5 Å². The lowest BCUT2D eigenvalue weighted by Gasteiger charge is -2.23. The van der Waals surface area contributed by atoms with E-state index in [-0.39, 0.29) is 0 Å². The molecule has 4 N–H and O–H groups in total. The van der Waals surface area contributed by atoms with Crippen LogP contribution in [0.1, 0.15) is 11.6 Å². The Morgan fingerprint density at radius 1 is 1.00 bits per heavy atom. The molecule has 0 spiro atoms. The largest absolute Gasteiger partial charge is 0.320 e. The predicted octanol–water partition coefficient (Wildman–Crippen LogP) is 2.93. The summed E-state index contributed by atoms with van der Waals surface area (Å²) < 4.78 is -1.47. The maximum atomic E-state index is 5.95. The molecule has 2 aromatic carbocycles. The number of hydrogen-bond acceptors (Lipinski definition) is 2. The molecule has 0 amide bonds. The number of nitrogens with two attached hydrogens (primary N) is 2. The molecule has 2 rings (SSSR count).